The molecule has 2 aromatic rings. The van der Waals surface area contributed by atoms with Crippen LogP contribution in [-0.2, 0) is 22.7 Å². The van der Waals surface area contributed by atoms with Crippen LogP contribution in [0.5, 0.6) is 5.88 Å². The number of carbonyl (C=O) groups excluding carboxylic acids is 1. The van der Waals surface area contributed by atoms with Crippen molar-refractivity contribution in [2.45, 2.75) is 39.1 Å². The number of aromatic nitrogens is 2. The molecule has 0 aliphatic carbocycles. The van der Waals surface area contributed by atoms with E-state index >= 15 is 0 Å². The highest BCUT2D eigenvalue weighted by Crippen LogP contribution is 2.30. The van der Waals surface area contributed by atoms with Gasteiger partial charge in [-0.2, -0.15) is 4.98 Å². The molecule has 1 saturated heterocycles. The lowest BCUT2D eigenvalue weighted by atomic mass is 10.1. The fourth-order valence-corrected chi connectivity index (χ4v) is 4.06. The van der Waals surface area contributed by atoms with E-state index in [1.54, 1.807) is 17.6 Å². The average Bonchev–Trinajstić information content (AvgIpc) is 3.12. The van der Waals surface area contributed by atoms with Gasteiger partial charge in [0, 0.05) is 25.7 Å². The number of hydrogen-bond donors (Lipinski definition) is 0. The fourth-order valence-electron chi connectivity index (χ4n) is 4.06. The highest BCUT2D eigenvalue weighted by atomic mass is 19.2. The number of halogens is 2. The minimum Gasteiger partial charge on any atom is -0.473 e. The van der Waals surface area contributed by atoms with E-state index in [2.05, 4.69) is 14.8 Å². The van der Waals surface area contributed by atoms with Crippen molar-refractivity contribution in [3.63, 3.8) is 0 Å². The van der Waals surface area contributed by atoms with E-state index in [-0.39, 0.29) is 30.5 Å². The van der Waals surface area contributed by atoms with Crippen molar-refractivity contribution in [2.24, 2.45) is 0 Å². The Balaban J connectivity index is 1.46. The first-order valence-electron chi connectivity index (χ1n) is 10.2. The molecule has 8 nitrogen and oxygen atoms in total. The van der Waals surface area contributed by atoms with Crippen molar-refractivity contribution >= 4 is 11.8 Å². The number of esters is 1. The van der Waals surface area contributed by atoms with Gasteiger partial charge in [-0.1, -0.05) is 6.07 Å². The van der Waals surface area contributed by atoms with Crippen molar-refractivity contribution in [3.05, 3.63) is 51.9 Å². The fraction of sp³-hybridized carbons (Fsp3) is 0.476. The van der Waals surface area contributed by atoms with E-state index in [1.807, 2.05) is 6.92 Å². The molecule has 2 aliphatic rings. The Bertz CT molecular complexity index is 1040. The zero-order chi connectivity index (χ0) is 22.1. The number of anilines is 1. The summed E-state index contributed by atoms with van der Waals surface area (Å²) >= 11 is 0. The molecule has 0 saturated carbocycles. The Morgan fingerprint density at radius 2 is 2.03 bits per heavy atom. The van der Waals surface area contributed by atoms with E-state index in [0.29, 0.717) is 44.2 Å². The molecule has 0 spiro atoms. The number of nitrogens with zero attached hydrogens (tertiary/aromatic N) is 4. The normalized spacial score (nSPS) is 19.0. The van der Waals surface area contributed by atoms with Gasteiger partial charge in [0.1, 0.15) is 18.5 Å². The standard InChI is InChI=1S/C21H24F2N4O4/c1-3-30-20(28)13(2)25-6-7-26-15(10-25)11-27-19(26)9-18(24-21(27)29)31-12-14-4-5-16(22)17(23)8-14/h4-5,8-9,13,15H,3,6-7,10-12H2,1-2H3. The van der Waals surface area contributed by atoms with E-state index in [0.717, 1.165) is 12.1 Å². The topological polar surface area (TPSA) is 76.9 Å². The van der Waals surface area contributed by atoms with Gasteiger partial charge in [0.25, 0.3) is 0 Å². The molecule has 2 unspecified atom stereocenters. The molecule has 0 amide bonds. The summed E-state index contributed by atoms with van der Waals surface area (Å²) in [6.45, 7) is 6.28. The molecule has 0 N–H and O–H groups in total. The Labute approximate surface area is 178 Å². The highest BCUT2D eigenvalue weighted by molar-refractivity contribution is 5.75. The van der Waals surface area contributed by atoms with Gasteiger partial charge in [-0.15, -0.1) is 0 Å². The van der Waals surface area contributed by atoms with Gasteiger partial charge in [0.15, 0.2) is 11.6 Å². The smallest absolute Gasteiger partial charge is 0.352 e. The molecule has 0 radical (unpaired) electrons. The number of rotatable bonds is 6. The predicted octanol–water partition coefficient (Wildman–Crippen LogP) is 1.56. The number of piperazine rings is 1. The summed E-state index contributed by atoms with van der Waals surface area (Å²) in [7, 11) is 0. The largest absolute Gasteiger partial charge is 0.473 e. The molecule has 1 fully saturated rings. The highest BCUT2D eigenvalue weighted by Gasteiger charge is 2.38. The van der Waals surface area contributed by atoms with Crippen LogP contribution in [0.15, 0.2) is 29.1 Å². The maximum atomic E-state index is 13.4. The molecule has 4 rings (SSSR count). The van der Waals surface area contributed by atoms with Crippen molar-refractivity contribution in [1.29, 1.82) is 0 Å². The molecule has 2 atom stereocenters. The van der Waals surface area contributed by atoms with Gasteiger partial charge in [-0.25, -0.2) is 13.6 Å². The molecule has 1 aromatic heterocycles. The minimum absolute atomic E-state index is 0.0292. The van der Waals surface area contributed by atoms with Crippen LogP contribution in [0.4, 0.5) is 14.6 Å². The molecule has 10 heteroatoms. The Hall–Kier alpha value is -3.01. The van der Waals surface area contributed by atoms with Crippen LogP contribution < -0.4 is 15.3 Å². The molecule has 0 bridgehead atoms. The number of hydrogen-bond acceptors (Lipinski definition) is 7. The van der Waals surface area contributed by atoms with Crippen molar-refractivity contribution in [1.82, 2.24) is 14.5 Å². The van der Waals surface area contributed by atoms with Crippen molar-refractivity contribution < 1.29 is 23.0 Å². The first-order valence-corrected chi connectivity index (χ1v) is 10.2. The second kappa shape index (κ2) is 8.62. The van der Waals surface area contributed by atoms with Crippen LogP contribution >= 0.6 is 0 Å². The number of fused-ring (bicyclic) bond motifs is 3. The van der Waals surface area contributed by atoms with Gasteiger partial charge in [-0.3, -0.25) is 14.3 Å². The van der Waals surface area contributed by atoms with Crippen LogP contribution in [0.2, 0.25) is 0 Å². The minimum atomic E-state index is -0.958. The van der Waals surface area contributed by atoms with Crippen LogP contribution in [0.25, 0.3) is 0 Å². The maximum absolute atomic E-state index is 13.4. The van der Waals surface area contributed by atoms with Gasteiger partial charge in [-0.05, 0) is 31.5 Å². The zero-order valence-electron chi connectivity index (χ0n) is 17.4. The second-order valence-electron chi connectivity index (χ2n) is 7.65. The number of ether oxygens (including phenoxy) is 2. The maximum Gasteiger partial charge on any atom is 0.352 e. The average molecular weight is 434 g/mol. The van der Waals surface area contributed by atoms with Gasteiger partial charge in [0.05, 0.1) is 19.2 Å². The number of benzene rings is 1. The lowest BCUT2D eigenvalue weighted by Gasteiger charge is -2.40. The van der Waals surface area contributed by atoms with Crippen LogP contribution in [0, 0.1) is 11.6 Å². The predicted molar refractivity (Wildman–Crippen MR) is 108 cm³/mol. The van der Waals surface area contributed by atoms with Crippen LogP contribution in [0.1, 0.15) is 19.4 Å². The Morgan fingerprint density at radius 3 is 2.77 bits per heavy atom. The summed E-state index contributed by atoms with van der Waals surface area (Å²) < 4.78 is 38.7. The van der Waals surface area contributed by atoms with E-state index < -0.39 is 17.3 Å². The molecular formula is C21H24F2N4O4. The van der Waals surface area contributed by atoms with Crippen molar-refractivity contribution in [2.75, 3.05) is 31.1 Å². The third-order valence-corrected chi connectivity index (χ3v) is 5.71. The van der Waals surface area contributed by atoms with E-state index in [1.165, 1.54) is 6.07 Å². The SMILES string of the molecule is CCOC(=O)C(C)N1CCN2c3cc(OCc4ccc(F)c(F)c4)nc(=O)n3CC2C1. The summed E-state index contributed by atoms with van der Waals surface area (Å²) in [5, 5.41) is 0. The van der Waals surface area contributed by atoms with Gasteiger partial charge in [0.2, 0.25) is 5.88 Å². The number of carbonyl (C=O) groups is 1. The van der Waals surface area contributed by atoms with E-state index in [4.69, 9.17) is 9.47 Å². The van der Waals surface area contributed by atoms with Gasteiger partial charge < -0.3 is 14.4 Å². The quantitative estimate of drug-likeness (QED) is 0.639. The second-order valence-corrected chi connectivity index (χ2v) is 7.65. The molecule has 31 heavy (non-hydrogen) atoms. The molecular weight excluding hydrogens is 410 g/mol. The molecule has 2 aliphatic heterocycles. The first kappa shape index (κ1) is 21.2. The third-order valence-electron chi connectivity index (χ3n) is 5.71. The van der Waals surface area contributed by atoms with Gasteiger partial charge >= 0.3 is 11.7 Å². The first-order chi connectivity index (χ1) is 14.9. The van der Waals surface area contributed by atoms with E-state index in [9.17, 15) is 18.4 Å². The van der Waals surface area contributed by atoms with Crippen LogP contribution in [-0.4, -0.2) is 58.7 Å². The van der Waals surface area contributed by atoms with Crippen molar-refractivity contribution in [3.8, 4) is 5.88 Å². The summed E-state index contributed by atoms with van der Waals surface area (Å²) in [4.78, 5) is 32.8. The van der Waals surface area contributed by atoms with Crippen LogP contribution in [0.3, 0.4) is 0 Å². The summed E-state index contributed by atoms with van der Waals surface area (Å²) in [6, 6.07) is 4.86. The lowest BCUT2D eigenvalue weighted by molar-refractivity contribution is -0.149. The summed E-state index contributed by atoms with van der Waals surface area (Å²) in [6.07, 6.45) is 0. The third kappa shape index (κ3) is 4.25. The monoisotopic (exact) mass is 434 g/mol. The summed E-state index contributed by atoms with van der Waals surface area (Å²) in [5.41, 5.74) is -0.00192. The molecule has 3 heterocycles. The Morgan fingerprint density at radius 1 is 1.23 bits per heavy atom. The Kier molecular flexibility index (Phi) is 5.90. The lowest BCUT2D eigenvalue weighted by Crippen LogP contribution is -2.56. The summed E-state index contributed by atoms with van der Waals surface area (Å²) in [5.74, 6) is -1.31. The molecule has 166 valence electrons. The molecule has 1 aromatic carbocycles. The zero-order valence-corrected chi connectivity index (χ0v) is 17.4.